The molecule has 0 spiro atoms. The van der Waals surface area contributed by atoms with E-state index in [0.29, 0.717) is 19.0 Å². The number of hydrogen-bond donors (Lipinski definition) is 1. The molecule has 0 heterocycles. The van der Waals surface area contributed by atoms with E-state index in [2.05, 4.69) is 19.7 Å². The van der Waals surface area contributed by atoms with Crippen LogP contribution in [0.15, 0.2) is 37.6 Å². The molecule has 132 valence electrons. The Morgan fingerprint density at radius 2 is 1.74 bits per heavy atom. The van der Waals surface area contributed by atoms with Gasteiger partial charge in [0.1, 0.15) is 18.5 Å². The molecule has 0 fully saturated rings. The summed E-state index contributed by atoms with van der Waals surface area (Å²) in [6.07, 6.45) is 1.72. The summed E-state index contributed by atoms with van der Waals surface area (Å²) >= 11 is 0. The van der Waals surface area contributed by atoms with Gasteiger partial charge in [-0.05, 0) is 13.0 Å². The second-order valence-corrected chi connectivity index (χ2v) is 5.26. The molecule has 0 aliphatic heterocycles. The van der Waals surface area contributed by atoms with E-state index in [1.807, 2.05) is 13.8 Å². The first kappa shape index (κ1) is 21.4. The molecule has 0 saturated heterocycles. The van der Waals surface area contributed by atoms with Crippen molar-refractivity contribution in [2.24, 2.45) is 5.92 Å². The fraction of sp³-hybridized carbons (Fsp3) is 0.588. The Balaban J connectivity index is 3.68. The summed E-state index contributed by atoms with van der Waals surface area (Å²) in [4.78, 5) is 10.9. The van der Waals surface area contributed by atoms with Gasteiger partial charge in [-0.1, -0.05) is 26.7 Å². The highest BCUT2D eigenvalue weighted by Gasteiger charge is 2.11. The van der Waals surface area contributed by atoms with Crippen molar-refractivity contribution < 1.29 is 28.8 Å². The van der Waals surface area contributed by atoms with Gasteiger partial charge in [0.05, 0.1) is 32.5 Å². The molecule has 0 saturated carbocycles. The minimum absolute atomic E-state index is 0.0743. The van der Waals surface area contributed by atoms with Gasteiger partial charge in [0.15, 0.2) is 0 Å². The van der Waals surface area contributed by atoms with Gasteiger partial charge in [0.2, 0.25) is 0 Å². The minimum atomic E-state index is -0.740. The van der Waals surface area contributed by atoms with Crippen LogP contribution in [0.1, 0.15) is 13.8 Å². The van der Waals surface area contributed by atoms with Crippen molar-refractivity contribution in [3.63, 3.8) is 0 Å². The van der Waals surface area contributed by atoms with Crippen molar-refractivity contribution in [1.82, 2.24) is 0 Å². The maximum absolute atomic E-state index is 10.9. The number of carbonyl (C=O) groups is 1. The Kier molecular flexibility index (Phi) is 12.0. The van der Waals surface area contributed by atoms with Crippen LogP contribution < -0.4 is 0 Å². The highest BCUT2D eigenvalue weighted by atomic mass is 16.5. The smallest absolute Gasteiger partial charge is 0.330 e. The van der Waals surface area contributed by atoms with Crippen molar-refractivity contribution in [3.8, 4) is 0 Å². The van der Waals surface area contributed by atoms with E-state index in [-0.39, 0.29) is 31.8 Å². The second kappa shape index (κ2) is 12.9. The summed E-state index contributed by atoms with van der Waals surface area (Å²) in [7, 11) is 0. The van der Waals surface area contributed by atoms with Crippen molar-refractivity contribution in [2.75, 3.05) is 33.0 Å². The van der Waals surface area contributed by atoms with Gasteiger partial charge in [0, 0.05) is 12.0 Å². The minimum Gasteiger partial charge on any atom is -0.491 e. The standard InChI is InChI=1S/C17H28O6/c1-6-14(4)22-12-16(18)11-20-10-15(5)21-8-13(3)9-23-17(19)7-2/h6-7,13,15-16,18H,1-2,4,8-12H2,3,5H3. The third kappa shape index (κ3) is 12.6. The first-order valence-corrected chi connectivity index (χ1v) is 7.49. The van der Waals surface area contributed by atoms with Crippen LogP contribution in [-0.4, -0.2) is 56.3 Å². The average Bonchev–Trinajstić information content (AvgIpc) is 2.55. The van der Waals surface area contributed by atoms with E-state index in [9.17, 15) is 9.90 Å². The Morgan fingerprint density at radius 3 is 2.35 bits per heavy atom. The molecule has 0 rings (SSSR count). The maximum atomic E-state index is 10.9. The van der Waals surface area contributed by atoms with Gasteiger partial charge in [-0.15, -0.1) is 0 Å². The Labute approximate surface area is 138 Å². The van der Waals surface area contributed by atoms with E-state index in [1.54, 1.807) is 0 Å². The summed E-state index contributed by atoms with van der Waals surface area (Å²) < 4.78 is 21.0. The van der Waals surface area contributed by atoms with E-state index >= 15 is 0 Å². The summed E-state index contributed by atoms with van der Waals surface area (Å²) in [5.41, 5.74) is 0. The van der Waals surface area contributed by atoms with Crippen LogP contribution in [0.5, 0.6) is 0 Å². The third-order valence-electron chi connectivity index (χ3n) is 2.69. The number of rotatable bonds is 14. The van der Waals surface area contributed by atoms with Gasteiger partial charge >= 0.3 is 5.97 Å². The molecule has 0 amide bonds. The molecule has 0 aromatic heterocycles. The van der Waals surface area contributed by atoms with E-state index < -0.39 is 12.1 Å². The summed E-state index contributed by atoms with van der Waals surface area (Å²) in [6.45, 7) is 15.5. The molecule has 6 nitrogen and oxygen atoms in total. The number of aliphatic hydroxyl groups excluding tert-OH is 1. The molecule has 0 aliphatic rings. The molecule has 1 N–H and O–H groups in total. The first-order chi connectivity index (χ1) is 10.9. The molecule has 0 aliphatic carbocycles. The van der Waals surface area contributed by atoms with Crippen LogP contribution in [0, 0.1) is 5.92 Å². The number of ether oxygens (including phenoxy) is 4. The molecule has 0 radical (unpaired) electrons. The Hall–Kier alpha value is -1.63. The highest BCUT2D eigenvalue weighted by molar-refractivity contribution is 5.81. The van der Waals surface area contributed by atoms with Gasteiger partial charge in [-0.2, -0.15) is 0 Å². The number of aliphatic hydroxyl groups is 1. The lowest BCUT2D eigenvalue weighted by molar-refractivity contribution is -0.139. The van der Waals surface area contributed by atoms with Gasteiger partial charge in [-0.25, -0.2) is 4.79 Å². The fourth-order valence-corrected chi connectivity index (χ4v) is 1.39. The van der Waals surface area contributed by atoms with Crippen LogP contribution in [0.2, 0.25) is 0 Å². The molecular formula is C17H28O6. The van der Waals surface area contributed by atoms with E-state index in [1.165, 1.54) is 6.08 Å². The SMILES string of the molecule is C=CC(=C)OCC(O)COCC(C)OCC(C)COC(=O)C=C. The van der Waals surface area contributed by atoms with Crippen LogP contribution in [0.3, 0.4) is 0 Å². The highest BCUT2D eigenvalue weighted by Crippen LogP contribution is 2.02. The molecule has 3 atom stereocenters. The Bertz CT molecular complexity index is 379. The third-order valence-corrected chi connectivity index (χ3v) is 2.69. The predicted octanol–water partition coefficient (Wildman–Crippen LogP) is 1.85. The lowest BCUT2D eigenvalue weighted by atomic mass is 10.2. The number of hydrogen-bond acceptors (Lipinski definition) is 6. The molecule has 23 heavy (non-hydrogen) atoms. The van der Waals surface area contributed by atoms with Crippen LogP contribution >= 0.6 is 0 Å². The van der Waals surface area contributed by atoms with Gasteiger partial charge in [0.25, 0.3) is 0 Å². The lowest BCUT2D eigenvalue weighted by Crippen LogP contribution is -2.26. The predicted molar refractivity (Wildman–Crippen MR) is 87.8 cm³/mol. The second-order valence-electron chi connectivity index (χ2n) is 5.26. The monoisotopic (exact) mass is 328 g/mol. The molecule has 0 aromatic carbocycles. The normalized spacial score (nSPS) is 14.4. The van der Waals surface area contributed by atoms with Crippen molar-refractivity contribution in [1.29, 1.82) is 0 Å². The van der Waals surface area contributed by atoms with E-state index in [4.69, 9.17) is 18.9 Å². The number of esters is 1. The number of carbonyl (C=O) groups excluding carboxylic acids is 1. The zero-order valence-corrected chi connectivity index (χ0v) is 14.0. The summed E-state index contributed by atoms with van der Waals surface area (Å²) in [6, 6.07) is 0. The van der Waals surface area contributed by atoms with Crippen LogP contribution in [-0.2, 0) is 23.7 Å². The van der Waals surface area contributed by atoms with Crippen molar-refractivity contribution in [3.05, 3.63) is 37.6 Å². The van der Waals surface area contributed by atoms with Gasteiger partial charge < -0.3 is 24.1 Å². The van der Waals surface area contributed by atoms with Gasteiger partial charge in [-0.3, -0.25) is 0 Å². The molecule has 6 heteroatoms. The molecule has 0 bridgehead atoms. The fourth-order valence-electron chi connectivity index (χ4n) is 1.39. The molecule has 0 aromatic rings. The average molecular weight is 328 g/mol. The van der Waals surface area contributed by atoms with E-state index in [0.717, 1.165) is 6.08 Å². The molecule has 3 unspecified atom stereocenters. The van der Waals surface area contributed by atoms with Crippen molar-refractivity contribution >= 4 is 5.97 Å². The summed E-state index contributed by atoms with van der Waals surface area (Å²) in [5, 5.41) is 9.65. The lowest BCUT2D eigenvalue weighted by Gasteiger charge is -2.18. The van der Waals surface area contributed by atoms with Crippen LogP contribution in [0.4, 0.5) is 0 Å². The zero-order valence-electron chi connectivity index (χ0n) is 14.0. The zero-order chi connectivity index (χ0) is 17.7. The topological polar surface area (TPSA) is 74.2 Å². The maximum Gasteiger partial charge on any atom is 0.330 e. The quantitative estimate of drug-likeness (QED) is 0.227. The molecular weight excluding hydrogens is 300 g/mol. The van der Waals surface area contributed by atoms with Crippen LogP contribution in [0.25, 0.3) is 0 Å². The summed E-state index contributed by atoms with van der Waals surface area (Å²) in [5.74, 6) is 0.0423. The Morgan fingerprint density at radius 1 is 1.04 bits per heavy atom. The first-order valence-electron chi connectivity index (χ1n) is 7.49. The largest absolute Gasteiger partial charge is 0.491 e. The number of allylic oxidation sites excluding steroid dienone is 1. The van der Waals surface area contributed by atoms with Crippen molar-refractivity contribution in [2.45, 2.75) is 26.1 Å².